The molecule has 2 aromatic rings. The van der Waals surface area contributed by atoms with Crippen molar-refractivity contribution >= 4 is 20.0 Å². The van der Waals surface area contributed by atoms with Gasteiger partial charge < -0.3 is 0 Å². The van der Waals surface area contributed by atoms with Gasteiger partial charge in [0.05, 0.1) is 9.79 Å². The monoisotopic (exact) mass is 462 g/mol. The van der Waals surface area contributed by atoms with Crippen LogP contribution in [0.15, 0.2) is 58.3 Å². The van der Waals surface area contributed by atoms with Gasteiger partial charge in [0.15, 0.2) is 0 Å². The molecule has 31 heavy (non-hydrogen) atoms. The topological polar surface area (TPSA) is 74.8 Å². The second-order valence-corrected chi connectivity index (χ2v) is 12.3. The van der Waals surface area contributed by atoms with Crippen molar-refractivity contribution in [2.75, 3.05) is 26.2 Å². The van der Waals surface area contributed by atoms with Crippen molar-refractivity contribution in [2.45, 2.75) is 54.7 Å². The predicted molar refractivity (Wildman–Crippen MR) is 121 cm³/mol. The Balaban J connectivity index is 1.43. The third kappa shape index (κ3) is 5.03. The van der Waals surface area contributed by atoms with Gasteiger partial charge >= 0.3 is 0 Å². The van der Waals surface area contributed by atoms with Gasteiger partial charge in [0.2, 0.25) is 20.0 Å². The van der Waals surface area contributed by atoms with Crippen LogP contribution >= 0.6 is 0 Å². The van der Waals surface area contributed by atoms with E-state index in [-0.39, 0.29) is 0 Å². The Labute approximate surface area is 186 Å². The standard InChI is InChI=1S/C23H30N2O4S2/c26-30(27,24-15-3-1-4-16-24)22-11-7-20(8-12-22)19-21-9-13-23(14-10-21)31(28,29)25-17-5-2-6-18-25/h7-14H,1-6,15-19H2. The Kier molecular flexibility index (Phi) is 6.81. The molecule has 2 heterocycles. The minimum Gasteiger partial charge on any atom is -0.207 e. The largest absolute Gasteiger partial charge is 0.243 e. The van der Waals surface area contributed by atoms with Gasteiger partial charge in [-0.2, -0.15) is 8.61 Å². The molecule has 0 amide bonds. The van der Waals surface area contributed by atoms with Crippen molar-refractivity contribution in [3.05, 3.63) is 59.7 Å². The first-order valence-electron chi connectivity index (χ1n) is 11.1. The van der Waals surface area contributed by atoms with E-state index in [1.54, 1.807) is 32.9 Å². The number of rotatable bonds is 6. The predicted octanol–water partition coefficient (Wildman–Crippen LogP) is 3.63. The Morgan fingerprint density at radius 3 is 1.16 bits per heavy atom. The van der Waals surface area contributed by atoms with Gasteiger partial charge in [-0.25, -0.2) is 16.8 Å². The lowest BCUT2D eigenvalue weighted by Crippen LogP contribution is -2.35. The average Bonchev–Trinajstić information content (AvgIpc) is 2.81. The molecule has 2 aliphatic rings. The molecular formula is C23H30N2O4S2. The van der Waals surface area contributed by atoms with Gasteiger partial charge in [0.1, 0.15) is 0 Å². The van der Waals surface area contributed by atoms with Crippen molar-refractivity contribution in [3.8, 4) is 0 Å². The van der Waals surface area contributed by atoms with Crippen LogP contribution in [-0.2, 0) is 26.5 Å². The quantitative estimate of drug-likeness (QED) is 0.657. The summed E-state index contributed by atoms with van der Waals surface area (Å²) in [5.74, 6) is 0. The molecule has 8 heteroatoms. The molecule has 0 atom stereocenters. The second-order valence-electron chi connectivity index (χ2n) is 8.39. The molecule has 0 aliphatic carbocycles. The summed E-state index contributed by atoms with van der Waals surface area (Å²) < 4.78 is 54.3. The maximum atomic E-state index is 12.8. The molecule has 2 fully saturated rings. The van der Waals surface area contributed by atoms with Crippen molar-refractivity contribution in [1.29, 1.82) is 0 Å². The third-order valence-corrected chi connectivity index (χ3v) is 9.99. The van der Waals surface area contributed by atoms with E-state index in [0.29, 0.717) is 42.4 Å². The summed E-state index contributed by atoms with van der Waals surface area (Å²) in [6.45, 7) is 2.38. The fraction of sp³-hybridized carbons (Fsp3) is 0.478. The molecule has 168 valence electrons. The van der Waals surface area contributed by atoms with Gasteiger partial charge in [-0.3, -0.25) is 0 Å². The zero-order chi connectivity index (χ0) is 21.9. The molecule has 0 aromatic heterocycles. The van der Waals surface area contributed by atoms with E-state index in [4.69, 9.17) is 0 Å². The van der Waals surface area contributed by atoms with Gasteiger partial charge in [0.25, 0.3) is 0 Å². The van der Waals surface area contributed by atoms with Gasteiger partial charge in [0, 0.05) is 26.2 Å². The van der Waals surface area contributed by atoms with Gasteiger partial charge in [-0.15, -0.1) is 0 Å². The number of piperidine rings is 2. The maximum absolute atomic E-state index is 12.8. The Bertz CT molecular complexity index is 994. The van der Waals surface area contributed by atoms with E-state index in [1.165, 1.54) is 0 Å². The van der Waals surface area contributed by atoms with Gasteiger partial charge in [-0.05, 0) is 67.5 Å². The zero-order valence-corrected chi connectivity index (χ0v) is 19.4. The highest BCUT2D eigenvalue weighted by atomic mass is 32.2. The molecule has 2 saturated heterocycles. The third-order valence-electron chi connectivity index (χ3n) is 6.16. The normalized spacial score (nSPS) is 19.4. The fourth-order valence-corrected chi connectivity index (χ4v) is 7.34. The lowest BCUT2D eigenvalue weighted by atomic mass is 10.1. The van der Waals surface area contributed by atoms with Crippen LogP contribution in [0.25, 0.3) is 0 Å². The zero-order valence-electron chi connectivity index (χ0n) is 17.7. The Morgan fingerprint density at radius 1 is 0.516 bits per heavy atom. The molecule has 0 bridgehead atoms. The van der Waals surface area contributed by atoms with Crippen molar-refractivity contribution in [2.24, 2.45) is 0 Å². The SMILES string of the molecule is O=S(=O)(c1ccc(Cc2ccc(S(=O)(=O)N3CCCCC3)cc2)cc1)N1CCCCC1. The first-order valence-corrected chi connectivity index (χ1v) is 13.9. The molecule has 6 nitrogen and oxygen atoms in total. The summed E-state index contributed by atoms with van der Waals surface area (Å²) in [7, 11) is -6.84. The van der Waals surface area contributed by atoms with E-state index in [1.807, 2.05) is 24.3 Å². The van der Waals surface area contributed by atoms with E-state index in [9.17, 15) is 16.8 Å². The number of sulfonamides is 2. The summed E-state index contributed by atoms with van der Waals surface area (Å²) in [4.78, 5) is 0.669. The first-order chi connectivity index (χ1) is 14.9. The van der Waals surface area contributed by atoms with E-state index in [2.05, 4.69) is 0 Å². The van der Waals surface area contributed by atoms with Crippen molar-refractivity contribution < 1.29 is 16.8 Å². The van der Waals surface area contributed by atoms with Crippen LogP contribution in [0.3, 0.4) is 0 Å². The molecule has 0 N–H and O–H groups in total. The molecular weight excluding hydrogens is 432 g/mol. The van der Waals surface area contributed by atoms with Crippen LogP contribution in [0.5, 0.6) is 0 Å². The second kappa shape index (κ2) is 9.40. The van der Waals surface area contributed by atoms with Crippen LogP contribution < -0.4 is 0 Å². The summed E-state index contributed by atoms with van der Waals surface area (Å²) in [5, 5.41) is 0. The van der Waals surface area contributed by atoms with Crippen LogP contribution in [0.2, 0.25) is 0 Å². The molecule has 0 radical (unpaired) electrons. The maximum Gasteiger partial charge on any atom is 0.243 e. The number of nitrogens with zero attached hydrogens (tertiary/aromatic N) is 2. The minimum absolute atomic E-state index is 0.334. The average molecular weight is 463 g/mol. The highest BCUT2D eigenvalue weighted by molar-refractivity contribution is 7.89. The molecule has 2 aliphatic heterocycles. The Hall–Kier alpha value is -1.74. The lowest BCUT2D eigenvalue weighted by Gasteiger charge is -2.26. The van der Waals surface area contributed by atoms with Crippen molar-refractivity contribution in [3.63, 3.8) is 0 Å². The first kappa shape index (κ1) is 22.5. The Morgan fingerprint density at radius 2 is 0.839 bits per heavy atom. The van der Waals surface area contributed by atoms with Crippen molar-refractivity contribution in [1.82, 2.24) is 8.61 Å². The molecule has 0 saturated carbocycles. The lowest BCUT2D eigenvalue weighted by molar-refractivity contribution is 0.346. The van der Waals surface area contributed by atoms with Gasteiger partial charge in [-0.1, -0.05) is 37.1 Å². The van der Waals surface area contributed by atoms with Crippen LogP contribution in [0.1, 0.15) is 49.7 Å². The summed E-state index contributed by atoms with van der Waals surface area (Å²) >= 11 is 0. The molecule has 4 rings (SSSR count). The summed E-state index contributed by atoms with van der Waals surface area (Å²) in [6.07, 6.45) is 6.46. The molecule has 0 unspecified atom stereocenters. The number of hydrogen-bond acceptors (Lipinski definition) is 4. The van der Waals surface area contributed by atoms with Crippen LogP contribution in [-0.4, -0.2) is 51.6 Å². The number of benzene rings is 2. The van der Waals surface area contributed by atoms with E-state index in [0.717, 1.165) is 49.7 Å². The van der Waals surface area contributed by atoms with E-state index < -0.39 is 20.0 Å². The van der Waals surface area contributed by atoms with Crippen LogP contribution in [0.4, 0.5) is 0 Å². The highest BCUT2D eigenvalue weighted by Crippen LogP contribution is 2.23. The molecule has 0 spiro atoms. The fourth-order valence-electron chi connectivity index (χ4n) is 4.30. The van der Waals surface area contributed by atoms with E-state index >= 15 is 0 Å². The summed E-state index contributed by atoms with van der Waals surface area (Å²) in [5.41, 5.74) is 1.98. The number of hydrogen-bond donors (Lipinski definition) is 0. The minimum atomic E-state index is -3.42. The smallest absolute Gasteiger partial charge is 0.207 e. The summed E-state index contributed by atoms with van der Waals surface area (Å²) in [6, 6.07) is 14.1. The molecule has 2 aromatic carbocycles. The highest BCUT2D eigenvalue weighted by Gasteiger charge is 2.26. The van der Waals surface area contributed by atoms with Crippen LogP contribution in [0, 0.1) is 0 Å².